The highest BCUT2D eigenvalue weighted by molar-refractivity contribution is 7.80. The first-order valence-corrected chi connectivity index (χ1v) is 10.3. The van der Waals surface area contributed by atoms with Crippen LogP contribution in [0, 0.1) is 0 Å². The molecule has 0 saturated carbocycles. The number of hydrogen-bond donors (Lipinski definition) is 1. The first-order chi connectivity index (χ1) is 14.2. The number of aromatic nitrogens is 2. The summed E-state index contributed by atoms with van der Waals surface area (Å²) in [4.78, 5) is 13.8. The number of benzene rings is 2. The van der Waals surface area contributed by atoms with Gasteiger partial charge in [0.2, 0.25) is 0 Å². The highest BCUT2D eigenvalue weighted by Crippen LogP contribution is 2.25. The fourth-order valence-corrected chi connectivity index (χ4v) is 3.94. The van der Waals surface area contributed by atoms with Crippen LogP contribution in [0.3, 0.4) is 0 Å². The predicted molar refractivity (Wildman–Crippen MR) is 122 cm³/mol. The lowest BCUT2D eigenvalue weighted by molar-refractivity contribution is 0.388. The summed E-state index contributed by atoms with van der Waals surface area (Å²) >= 11 is 5.66. The molecule has 0 spiro atoms. The molecule has 1 aliphatic rings. The number of rotatable bonds is 4. The molecule has 0 unspecified atom stereocenters. The monoisotopic (exact) mass is 407 g/mol. The van der Waals surface area contributed by atoms with Gasteiger partial charge in [0.1, 0.15) is 0 Å². The first kappa shape index (κ1) is 19.4. The summed E-state index contributed by atoms with van der Waals surface area (Å²) in [6, 6.07) is 16.4. The molecule has 1 N–H and O–H groups in total. The van der Waals surface area contributed by atoms with Crippen LogP contribution in [0.25, 0.3) is 11.0 Å². The summed E-state index contributed by atoms with van der Waals surface area (Å²) in [6.45, 7) is 5.77. The van der Waals surface area contributed by atoms with Crippen LogP contribution >= 0.6 is 12.2 Å². The number of aryl methyl sites for hydroxylation is 1. The Bertz CT molecular complexity index is 1020. The van der Waals surface area contributed by atoms with E-state index < -0.39 is 0 Å². The number of methoxy groups -OCH3 is 1. The molecule has 1 fully saturated rings. The number of nitrogens with one attached hydrogen (secondary N) is 1. The van der Waals surface area contributed by atoms with Crippen LogP contribution in [0.1, 0.15) is 12.5 Å². The Labute approximate surface area is 176 Å². The smallest absolute Gasteiger partial charge is 0.258 e. The van der Waals surface area contributed by atoms with Gasteiger partial charge in [-0.25, -0.2) is 9.97 Å². The van der Waals surface area contributed by atoms with Gasteiger partial charge in [-0.2, -0.15) is 0 Å². The summed E-state index contributed by atoms with van der Waals surface area (Å²) in [6.07, 6.45) is 1.04. The SMILES string of the molecule is CCc1ccccc1N1CCN(C(=S)Nc2nc3ccccc3nc2OC)CC1. The van der Waals surface area contributed by atoms with Crippen LogP contribution in [0.2, 0.25) is 0 Å². The normalized spacial score (nSPS) is 14.1. The van der Waals surface area contributed by atoms with Gasteiger partial charge >= 0.3 is 0 Å². The van der Waals surface area contributed by atoms with Crippen molar-refractivity contribution in [3.8, 4) is 5.88 Å². The van der Waals surface area contributed by atoms with Crippen molar-refractivity contribution < 1.29 is 4.74 Å². The Morgan fingerprint density at radius 3 is 2.34 bits per heavy atom. The maximum atomic E-state index is 5.66. The van der Waals surface area contributed by atoms with E-state index in [0.717, 1.165) is 43.6 Å². The maximum Gasteiger partial charge on any atom is 0.258 e. The number of hydrogen-bond acceptors (Lipinski definition) is 5. The number of anilines is 2. The molecule has 2 aromatic carbocycles. The Morgan fingerprint density at radius 1 is 1.00 bits per heavy atom. The van der Waals surface area contributed by atoms with Gasteiger partial charge in [0.25, 0.3) is 5.88 Å². The number of nitrogens with zero attached hydrogens (tertiary/aromatic N) is 4. The van der Waals surface area contributed by atoms with Gasteiger partial charge in [0, 0.05) is 31.9 Å². The molecule has 2 heterocycles. The molecule has 29 heavy (non-hydrogen) atoms. The van der Waals surface area contributed by atoms with Crippen LogP contribution in [0.5, 0.6) is 5.88 Å². The quantitative estimate of drug-likeness (QED) is 0.662. The summed E-state index contributed by atoms with van der Waals surface area (Å²) in [7, 11) is 1.59. The van der Waals surface area contributed by atoms with Crippen molar-refractivity contribution in [2.45, 2.75) is 13.3 Å². The van der Waals surface area contributed by atoms with E-state index in [1.807, 2.05) is 24.3 Å². The van der Waals surface area contributed by atoms with Gasteiger partial charge in [0.15, 0.2) is 10.9 Å². The maximum absolute atomic E-state index is 5.66. The standard InChI is InChI=1S/C22H25N5OS/c1-3-16-8-4-7-11-19(16)26-12-14-27(15-13-26)22(29)25-20-21(28-2)24-18-10-6-5-9-17(18)23-20/h4-11H,3,12-15H2,1-2H3,(H,23,25,29). The molecule has 150 valence electrons. The van der Waals surface area contributed by atoms with Gasteiger partial charge in [-0.05, 0) is 42.4 Å². The zero-order chi connectivity index (χ0) is 20.2. The van der Waals surface area contributed by atoms with Gasteiger partial charge in [-0.1, -0.05) is 37.3 Å². The van der Waals surface area contributed by atoms with Crippen molar-refractivity contribution >= 4 is 39.9 Å². The molecule has 0 amide bonds. The zero-order valence-corrected chi connectivity index (χ0v) is 17.6. The van der Waals surface area contributed by atoms with Crippen LogP contribution in [-0.4, -0.2) is 53.3 Å². The zero-order valence-electron chi connectivity index (χ0n) is 16.8. The van der Waals surface area contributed by atoms with E-state index in [9.17, 15) is 0 Å². The van der Waals surface area contributed by atoms with Crippen molar-refractivity contribution in [3.05, 3.63) is 54.1 Å². The lowest BCUT2D eigenvalue weighted by atomic mass is 10.1. The molecule has 6 nitrogen and oxygen atoms in total. The van der Waals surface area contributed by atoms with E-state index >= 15 is 0 Å². The van der Waals surface area contributed by atoms with Gasteiger partial charge < -0.3 is 19.9 Å². The second kappa shape index (κ2) is 8.61. The highest BCUT2D eigenvalue weighted by atomic mass is 32.1. The molecule has 3 aromatic rings. The molecule has 0 radical (unpaired) electrons. The van der Waals surface area contributed by atoms with Crippen molar-refractivity contribution in [2.24, 2.45) is 0 Å². The molecule has 0 atom stereocenters. The Kier molecular flexibility index (Phi) is 5.76. The van der Waals surface area contributed by atoms with E-state index in [2.05, 4.69) is 56.3 Å². The summed E-state index contributed by atoms with van der Waals surface area (Å²) in [5.41, 5.74) is 4.32. The topological polar surface area (TPSA) is 53.5 Å². The predicted octanol–water partition coefficient (Wildman–Crippen LogP) is 3.72. The number of thiocarbonyl (C=S) groups is 1. The van der Waals surface area contributed by atoms with Crippen molar-refractivity contribution in [1.29, 1.82) is 0 Å². The number of ether oxygens (including phenoxy) is 1. The molecule has 0 bridgehead atoms. The van der Waals surface area contributed by atoms with Gasteiger partial charge in [-0.3, -0.25) is 0 Å². The van der Waals surface area contributed by atoms with Crippen LogP contribution < -0.4 is 15.0 Å². The minimum Gasteiger partial charge on any atom is -0.478 e. The third-order valence-electron chi connectivity index (χ3n) is 5.24. The second-order valence-corrected chi connectivity index (χ2v) is 7.34. The van der Waals surface area contributed by atoms with Crippen molar-refractivity contribution in [3.63, 3.8) is 0 Å². The Morgan fingerprint density at radius 2 is 1.66 bits per heavy atom. The number of piperazine rings is 1. The fourth-order valence-electron chi connectivity index (χ4n) is 3.66. The van der Waals surface area contributed by atoms with Crippen molar-refractivity contribution in [2.75, 3.05) is 43.5 Å². The summed E-state index contributed by atoms with van der Waals surface area (Å²) < 4.78 is 5.42. The van der Waals surface area contributed by atoms with Gasteiger partial charge in [-0.15, -0.1) is 0 Å². The largest absolute Gasteiger partial charge is 0.478 e. The lowest BCUT2D eigenvalue weighted by Crippen LogP contribution is -2.50. The average molecular weight is 408 g/mol. The first-order valence-electron chi connectivity index (χ1n) is 9.89. The fraction of sp³-hybridized carbons (Fsp3) is 0.318. The van der Waals surface area contributed by atoms with E-state index in [1.54, 1.807) is 7.11 Å². The number of para-hydroxylation sites is 3. The minimum atomic E-state index is 0.446. The van der Waals surface area contributed by atoms with Gasteiger partial charge in [0.05, 0.1) is 18.1 Å². The van der Waals surface area contributed by atoms with E-state index in [0.29, 0.717) is 16.8 Å². The molecule has 0 aliphatic carbocycles. The second-order valence-electron chi connectivity index (χ2n) is 6.96. The molecular weight excluding hydrogens is 382 g/mol. The third kappa shape index (κ3) is 4.10. The molecule has 1 aliphatic heterocycles. The molecular formula is C22H25N5OS. The number of fused-ring (bicyclic) bond motifs is 1. The average Bonchev–Trinajstić information content (AvgIpc) is 2.78. The molecule has 1 aromatic heterocycles. The van der Waals surface area contributed by atoms with Crippen LogP contribution in [0.4, 0.5) is 11.5 Å². The third-order valence-corrected chi connectivity index (χ3v) is 5.60. The van der Waals surface area contributed by atoms with E-state index in [-0.39, 0.29) is 0 Å². The van der Waals surface area contributed by atoms with Crippen LogP contribution in [-0.2, 0) is 6.42 Å². The van der Waals surface area contributed by atoms with E-state index in [4.69, 9.17) is 17.0 Å². The molecule has 4 rings (SSSR count). The summed E-state index contributed by atoms with van der Waals surface area (Å²) in [5.74, 6) is 0.997. The van der Waals surface area contributed by atoms with E-state index in [1.165, 1.54) is 11.3 Å². The Hall–Kier alpha value is -2.93. The minimum absolute atomic E-state index is 0.446. The Balaban J connectivity index is 1.45. The summed E-state index contributed by atoms with van der Waals surface area (Å²) in [5, 5.41) is 3.89. The van der Waals surface area contributed by atoms with Crippen LogP contribution in [0.15, 0.2) is 48.5 Å². The lowest BCUT2D eigenvalue weighted by Gasteiger charge is -2.38. The molecule has 7 heteroatoms. The van der Waals surface area contributed by atoms with Crippen molar-refractivity contribution in [1.82, 2.24) is 14.9 Å². The highest BCUT2D eigenvalue weighted by Gasteiger charge is 2.21. The molecule has 1 saturated heterocycles.